The first-order valence-electron chi connectivity index (χ1n) is 24.0. The largest absolute Gasteiger partial charge is 0.497 e. The number of nitrogens with zero attached hydrogens (tertiary/aromatic N) is 4. The van der Waals surface area contributed by atoms with E-state index >= 15 is 4.39 Å². The molecule has 1 saturated heterocycles. The van der Waals surface area contributed by atoms with Crippen LogP contribution in [0.5, 0.6) is 23.0 Å². The van der Waals surface area contributed by atoms with Gasteiger partial charge >= 0.3 is 0 Å². The summed E-state index contributed by atoms with van der Waals surface area (Å²) in [6.07, 6.45) is -2.04. The van der Waals surface area contributed by atoms with E-state index in [2.05, 4.69) is 51.3 Å². The van der Waals surface area contributed by atoms with Gasteiger partial charge in [0.15, 0.2) is 37.7 Å². The highest BCUT2D eigenvalue weighted by Gasteiger charge is 2.53. The number of imidazole rings is 1. The molecule has 0 aliphatic carbocycles. The smallest absolute Gasteiger partial charge is 0.192 e. The highest BCUT2D eigenvalue weighted by molar-refractivity contribution is 6.74. The van der Waals surface area contributed by atoms with Crippen LogP contribution in [0.2, 0.25) is 18.1 Å². The summed E-state index contributed by atoms with van der Waals surface area (Å²) in [5, 5.41) is 3.71. The Balaban J connectivity index is 1.18. The Hall–Kier alpha value is -7.10. The Morgan fingerprint density at radius 1 is 0.583 bits per heavy atom. The summed E-state index contributed by atoms with van der Waals surface area (Å²) in [5.41, 5.74) is 3.39. The quantitative estimate of drug-likeness (QED) is 0.0653. The number of rotatable bonds is 18. The summed E-state index contributed by atoms with van der Waals surface area (Å²) in [7, 11) is 4.14. The van der Waals surface area contributed by atoms with Gasteiger partial charge in [-0.15, -0.1) is 0 Å². The molecule has 3 heterocycles. The first-order valence-corrected chi connectivity index (χ1v) is 26.9. The van der Waals surface area contributed by atoms with Crippen LogP contribution >= 0.6 is 0 Å². The number of ether oxygens (including phenoxy) is 6. The number of anilines is 1. The lowest BCUT2D eigenvalue weighted by Gasteiger charge is -2.40. The molecule has 372 valence electrons. The van der Waals surface area contributed by atoms with Crippen LogP contribution in [0, 0.1) is 0 Å². The van der Waals surface area contributed by atoms with Gasteiger partial charge in [0, 0.05) is 0 Å². The van der Waals surface area contributed by atoms with Crippen LogP contribution in [0.25, 0.3) is 11.2 Å². The number of hydrogen-bond acceptors (Lipinski definition) is 11. The molecule has 1 N–H and O–H groups in total. The van der Waals surface area contributed by atoms with Crippen molar-refractivity contribution in [2.75, 3.05) is 40.4 Å². The molecule has 1 aliphatic rings. The second-order valence-electron chi connectivity index (χ2n) is 19.4. The number of halogens is 1. The SMILES string of the molecule is COc1ccc(C(Nc2ncnc3c2ncn3[C@@H]2OC(CO[Si](C)(C)C(C)(C)C)[C@H](OC(c3ccccc3)(c3ccc(OC)cc3)c3ccc(OC)cc3)[C@H]2F)(c2ccccc2)c2ccc(OC)cc2)cc1. The Labute approximate surface area is 422 Å². The fraction of sp³-hybridized carbons (Fsp3) is 0.293. The third-order valence-corrected chi connectivity index (χ3v) is 18.9. The van der Waals surface area contributed by atoms with Gasteiger partial charge in [-0.25, -0.2) is 19.3 Å². The summed E-state index contributed by atoms with van der Waals surface area (Å²) in [6.45, 7) is 11.0. The minimum absolute atomic E-state index is 0.0753. The number of alkyl halides is 1. The highest BCUT2D eigenvalue weighted by Crippen LogP contribution is 2.48. The monoisotopic (exact) mass is 987 g/mol. The van der Waals surface area contributed by atoms with Crippen LogP contribution in [0.4, 0.5) is 10.2 Å². The van der Waals surface area contributed by atoms with Gasteiger partial charge in [0.1, 0.15) is 52.7 Å². The van der Waals surface area contributed by atoms with Gasteiger partial charge in [0.25, 0.3) is 0 Å². The molecule has 4 atom stereocenters. The fourth-order valence-electron chi connectivity index (χ4n) is 9.33. The summed E-state index contributed by atoms with van der Waals surface area (Å²) < 4.78 is 63.9. The summed E-state index contributed by atoms with van der Waals surface area (Å²) in [4.78, 5) is 14.5. The Morgan fingerprint density at radius 2 is 1.01 bits per heavy atom. The molecular weight excluding hydrogens is 926 g/mol. The first-order chi connectivity index (χ1) is 34.8. The zero-order chi connectivity index (χ0) is 50.7. The van der Waals surface area contributed by atoms with Crippen LogP contribution in [-0.4, -0.2) is 81.3 Å². The molecule has 1 unspecified atom stereocenters. The van der Waals surface area contributed by atoms with Crippen LogP contribution < -0.4 is 24.3 Å². The van der Waals surface area contributed by atoms with E-state index < -0.39 is 44.1 Å². The van der Waals surface area contributed by atoms with Crippen molar-refractivity contribution in [2.24, 2.45) is 0 Å². The lowest BCUT2D eigenvalue weighted by Crippen LogP contribution is -2.47. The normalized spacial score (nSPS) is 17.4. The molecule has 2 aromatic heterocycles. The first kappa shape index (κ1) is 49.9. The minimum Gasteiger partial charge on any atom is -0.497 e. The lowest BCUT2D eigenvalue weighted by molar-refractivity contribution is -0.103. The predicted molar refractivity (Wildman–Crippen MR) is 280 cm³/mol. The average Bonchev–Trinajstić information content (AvgIpc) is 3.99. The van der Waals surface area contributed by atoms with Crippen molar-refractivity contribution in [1.29, 1.82) is 0 Å². The summed E-state index contributed by atoms with van der Waals surface area (Å²) in [6, 6.07) is 51.2. The Kier molecular flexibility index (Phi) is 14.2. The van der Waals surface area contributed by atoms with Crippen molar-refractivity contribution in [3.8, 4) is 23.0 Å². The second kappa shape index (κ2) is 20.6. The van der Waals surface area contributed by atoms with Gasteiger partial charge in [0.05, 0.1) is 41.4 Å². The second-order valence-corrected chi connectivity index (χ2v) is 24.2. The average molecular weight is 988 g/mol. The molecule has 8 aromatic rings. The molecule has 72 heavy (non-hydrogen) atoms. The number of hydrogen-bond donors (Lipinski definition) is 1. The van der Waals surface area contributed by atoms with E-state index in [9.17, 15) is 0 Å². The molecule has 0 saturated carbocycles. The lowest BCUT2D eigenvalue weighted by atomic mass is 9.77. The number of benzene rings is 6. The van der Waals surface area contributed by atoms with E-state index in [4.69, 9.17) is 47.8 Å². The molecule has 0 radical (unpaired) electrons. The van der Waals surface area contributed by atoms with Crippen molar-refractivity contribution < 1.29 is 37.2 Å². The third kappa shape index (κ3) is 9.31. The molecule has 1 aliphatic heterocycles. The maximum Gasteiger partial charge on any atom is 0.192 e. The van der Waals surface area contributed by atoms with E-state index in [1.165, 1.54) is 6.33 Å². The summed E-state index contributed by atoms with van der Waals surface area (Å²) >= 11 is 0. The van der Waals surface area contributed by atoms with E-state index in [0.29, 0.717) is 40.0 Å². The molecule has 9 rings (SSSR count). The van der Waals surface area contributed by atoms with Crippen molar-refractivity contribution in [2.45, 2.75) is 74.7 Å². The van der Waals surface area contributed by atoms with Crippen LogP contribution in [0.15, 0.2) is 170 Å². The van der Waals surface area contributed by atoms with Crippen molar-refractivity contribution >= 4 is 25.3 Å². The Morgan fingerprint density at radius 3 is 1.47 bits per heavy atom. The van der Waals surface area contributed by atoms with Crippen molar-refractivity contribution in [3.63, 3.8) is 0 Å². The van der Waals surface area contributed by atoms with Crippen LogP contribution in [0.1, 0.15) is 60.4 Å². The number of fused-ring (bicyclic) bond motifs is 1. The van der Waals surface area contributed by atoms with E-state index in [-0.39, 0.29) is 11.6 Å². The summed E-state index contributed by atoms with van der Waals surface area (Å²) in [5.74, 6) is 3.16. The number of aromatic nitrogens is 4. The maximum absolute atomic E-state index is 18.5. The van der Waals surface area contributed by atoms with Gasteiger partial charge in [-0.05, 0) is 100 Å². The number of nitrogens with one attached hydrogen (secondary N) is 1. The Bertz CT molecular complexity index is 2950. The molecule has 12 nitrogen and oxygen atoms in total. The highest BCUT2D eigenvalue weighted by atomic mass is 28.4. The van der Waals surface area contributed by atoms with Crippen molar-refractivity contribution in [1.82, 2.24) is 19.5 Å². The van der Waals surface area contributed by atoms with Crippen LogP contribution in [-0.2, 0) is 25.0 Å². The van der Waals surface area contributed by atoms with Gasteiger partial charge in [-0.2, -0.15) is 0 Å². The van der Waals surface area contributed by atoms with E-state index in [0.717, 1.165) is 33.4 Å². The molecule has 0 bridgehead atoms. The van der Waals surface area contributed by atoms with Crippen molar-refractivity contribution in [3.05, 3.63) is 204 Å². The molecule has 0 spiro atoms. The minimum atomic E-state index is -2.40. The predicted octanol–water partition coefficient (Wildman–Crippen LogP) is 11.9. The maximum atomic E-state index is 18.5. The molecule has 6 aromatic carbocycles. The van der Waals surface area contributed by atoms with Gasteiger partial charge in [0.2, 0.25) is 0 Å². The third-order valence-electron chi connectivity index (χ3n) is 14.4. The van der Waals surface area contributed by atoms with Gasteiger partial charge in [-0.3, -0.25) is 4.57 Å². The van der Waals surface area contributed by atoms with Crippen LogP contribution in [0.3, 0.4) is 0 Å². The van der Waals surface area contributed by atoms with Gasteiger partial charge < -0.3 is 38.2 Å². The van der Waals surface area contributed by atoms with Gasteiger partial charge in [-0.1, -0.05) is 130 Å². The standard InChI is InChI=1S/C58H62FN5O7Si/c1-56(2,3)72(8,9)69-36-49-52(71-58(42-18-14-11-15-19-42,43-24-32-47(67-6)33-25-43)44-26-34-48(68-7)35-27-44)50(59)55(70-49)64-38-62-51-53(60-37-61-54(51)64)63-57(39-16-12-10-13-17-39,40-20-28-45(65-4)29-21-40)41-22-30-46(66-5)31-23-41/h10-35,37-38,49-50,52,55H,36H2,1-9H3,(H,60,61,63)/t49?,50-,52+,55-/m1/s1. The molecule has 1 fully saturated rings. The molecular formula is C58H62FN5O7Si. The number of methoxy groups -OCH3 is 4. The molecule has 0 amide bonds. The molecule has 14 heteroatoms. The zero-order valence-electron chi connectivity index (χ0n) is 42.2. The van der Waals surface area contributed by atoms with E-state index in [1.807, 2.05) is 146 Å². The van der Waals surface area contributed by atoms with E-state index in [1.54, 1.807) is 39.3 Å². The topological polar surface area (TPSA) is 120 Å². The fourth-order valence-corrected chi connectivity index (χ4v) is 10.3. The zero-order valence-corrected chi connectivity index (χ0v) is 43.2.